The lowest BCUT2D eigenvalue weighted by molar-refractivity contribution is -0.120. The molecular weight excluding hydrogens is 414 g/mol. The average molecular weight is 438 g/mol. The summed E-state index contributed by atoms with van der Waals surface area (Å²) in [6.07, 6.45) is 0.235. The zero-order valence-corrected chi connectivity index (χ0v) is 18.1. The van der Waals surface area contributed by atoms with Crippen molar-refractivity contribution in [2.75, 3.05) is 23.8 Å². The third-order valence-electron chi connectivity index (χ3n) is 5.04. The summed E-state index contributed by atoms with van der Waals surface area (Å²) in [7, 11) is 1.81. The fraction of sp³-hybridized carbons (Fsp3) is 0.273. The summed E-state index contributed by atoms with van der Waals surface area (Å²) in [5.74, 6) is 0.216. The van der Waals surface area contributed by atoms with Gasteiger partial charge in [-0.3, -0.25) is 14.5 Å². The smallest absolute Gasteiger partial charge is 0.288 e. The number of amides is 2. The van der Waals surface area contributed by atoms with Gasteiger partial charge in [-0.05, 0) is 50.5 Å². The maximum Gasteiger partial charge on any atom is 0.288 e. The lowest BCUT2D eigenvalue weighted by Gasteiger charge is -2.29. The Morgan fingerprint density at radius 3 is 2.71 bits per heavy atom. The van der Waals surface area contributed by atoms with Crippen molar-refractivity contribution in [2.45, 2.75) is 26.1 Å². The van der Waals surface area contributed by atoms with Crippen LogP contribution in [0.25, 0.3) is 11.5 Å². The largest absolute Gasteiger partial charge is 0.409 e. The molecule has 1 aromatic heterocycles. The Morgan fingerprint density at radius 2 is 1.94 bits per heavy atom. The first-order valence-corrected chi connectivity index (χ1v) is 10.4. The van der Waals surface area contributed by atoms with E-state index in [9.17, 15) is 9.59 Å². The van der Waals surface area contributed by atoms with E-state index in [1.807, 2.05) is 67.4 Å². The third-order valence-corrected chi connectivity index (χ3v) is 5.33. The van der Waals surface area contributed by atoms with Gasteiger partial charge in [0.05, 0.1) is 24.6 Å². The summed E-state index contributed by atoms with van der Waals surface area (Å²) in [5.41, 5.74) is 2.17. The molecule has 0 spiro atoms. The number of para-hydroxylation sites is 2. The van der Waals surface area contributed by atoms with Gasteiger partial charge in [-0.1, -0.05) is 30.3 Å². The van der Waals surface area contributed by atoms with E-state index in [1.165, 1.54) is 0 Å². The highest BCUT2D eigenvalue weighted by Crippen LogP contribution is 2.31. The number of rotatable bonds is 5. The van der Waals surface area contributed by atoms with Crippen LogP contribution in [0.3, 0.4) is 0 Å². The number of carbonyl (C=O) groups is 2. The first-order chi connectivity index (χ1) is 14.9. The number of likely N-dealkylation sites (N-methyl/N-ethyl adjacent to an activating group) is 1. The number of hydrogen-bond donors (Lipinski definition) is 1. The zero-order chi connectivity index (χ0) is 22.0. The number of aromatic nitrogens is 2. The average Bonchev–Trinajstić information content (AvgIpc) is 3.03. The summed E-state index contributed by atoms with van der Waals surface area (Å²) >= 11 is 5.30. The van der Waals surface area contributed by atoms with Crippen molar-refractivity contribution in [2.24, 2.45) is 0 Å². The molecule has 0 unspecified atom stereocenters. The molecule has 0 aliphatic carbocycles. The summed E-state index contributed by atoms with van der Waals surface area (Å²) in [6, 6.07) is 16.6. The molecular formula is C22H23N5O3S. The van der Waals surface area contributed by atoms with Gasteiger partial charge in [0, 0.05) is 18.0 Å². The van der Waals surface area contributed by atoms with E-state index >= 15 is 0 Å². The van der Waals surface area contributed by atoms with Crippen LogP contribution < -0.4 is 10.2 Å². The number of carbonyl (C=O) groups excluding carboxylic acids is 2. The highest BCUT2D eigenvalue weighted by atomic mass is 32.1. The molecule has 1 aliphatic heterocycles. The molecule has 1 aliphatic rings. The highest BCUT2D eigenvalue weighted by Gasteiger charge is 2.30. The second-order valence-electron chi connectivity index (χ2n) is 7.58. The molecule has 31 heavy (non-hydrogen) atoms. The Hall–Kier alpha value is -3.30. The molecule has 2 heterocycles. The Morgan fingerprint density at radius 1 is 1.23 bits per heavy atom. The number of hydrogen-bond acceptors (Lipinski definition) is 6. The van der Waals surface area contributed by atoms with Gasteiger partial charge in [0.25, 0.3) is 4.84 Å². The monoisotopic (exact) mass is 437 g/mol. The quantitative estimate of drug-likeness (QED) is 0.615. The van der Waals surface area contributed by atoms with Gasteiger partial charge in [0.2, 0.25) is 17.7 Å². The molecule has 1 N–H and O–H groups in total. The van der Waals surface area contributed by atoms with Crippen molar-refractivity contribution in [3.05, 3.63) is 59.4 Å². The van der Waals surface area contributed by atoms with E-state index in [1.54, 1.807) is 15.6 Å². The van der Waals surface area contributed by atoms with Crippen molar-refractivity contribution in [1.29, 1.82) is 0 Å². The van der Waals surface area contributed by atoms with Crippen LogP contribution in [0.2, 0.25) is 0 Å². The second-order valence-corrected chi connectivity index (χ2v) is 7.93. The maximum atomic E-state index is 13.2. The Labute approximate surface area is 185 Å². The minimum atomic E-state index is -0.261. The Kier molecular flexibility index (Phi) is 5.97. The second kappa shape index (κ2) is 8.83. The number of nitrogens with one attached hydrogen (secondary N) is 1. The number of benzene rings is 2. The summed E-state index contributed by atoms with van der Waals surface area (Å²) in [6.45, 7) is 2.30. The highest BCUT2D eigenvalue weighted by molar-refractivity contribution is 7.71. The fourth-order valence-corrected chi connectivity index (χ4v) is 3.82. The van der Waals surface area contributed by atoms with Crippen LogP contribution in [0.5, 0.6) is 0 Å². The lowest BCUT2D eigenvalue weighted by Crippen LogP contribution is -2.44. The van der Waals surface area contributed by atoms with Gasteiger partial charge in [-0.2, -0.15) is 0 Å². The topological polar surface area (TPSA) is 83.6 Å². The zero-order valence-electron chi connectivity index (χ0n) is 17.3. The molecule has 9 heteroatoms. The summed E-state index contributed by atoms with van der Waals surface area (Å²) < 4.78 is 7.17. The molecule has 0 radical (unpaired) electrons. The van der Waals surface area contributed by atoms with E-state index in [2.05, 4.69) is 10.4 Å². The minimum absolute atomic E-state index is 0.106. The van der Waals surface area contributed by atoms with Crippen molar-refractivity contribution in [1.82, 2.24) is 14.7 Å². The van der Waals surface area contributed by atoms with Gasteiger partial charge < -0.3 is 14.6 Å². The standard InChI is InChI=1S/C22H23N5O3S/c1-15-12-19(28)23-17-10-6-7-11-18(17)27(15)20(29)13-25(2)14-26-22(31)30-21(24-26)16-8-4-3-5-9-16/h3-11,15H,12-14H2,1-2H3,(H,23,28)/t15-/m1/s1. The first-order valence-electron chi connectivity index (χ1n) is 9.95. The molecule has 0 bridgehead atoms. The minimum Gasteiger partial charge on any atom is -0.409 e. The van der Waals surface area contributed by atoms with Crippen LogP contribution in [-0.4, -0.2) is 46.1 Å². The maximum absolute atomic E-state index is 13.2. The van der Waals surface area contributed by atoms with Gasteiger partial charge in [0.1, 0.15) is 0 Å². The van der Waals surface area contributed by atoms with E-state index in [-0.39, 0.29) is 35.7 Å². The Bertz CT molecular complexity index is 1160. The van der Waals surface area contributed by atoms with Crippen LogP contribution in [-0.2, 0) is 16.3 Å². The van der Waals surface area contributed by atoms with E-state index in [0.29, 0.717) is 23.9 Å². The van der Waals surface area contributed by atoms with Crippen LogP contribution in [0.15, 0.2) is 59.0 Å². The molecule has 1 atom stereocenters. The van der Waals surface area contributed by atoms with Gasteiger partial charge in [-0.25, -0.2) is 4.68 Å². The molecule has 0 saturated heterocycles. The van der Waals surface area contributed by atoms with Crippen LogP contribution in [0.1, 0.15) is 13.3 Å². The fourth-order valence-electron chi connectivity index (χ4n) is 3.65. The van der Waals surface area contributed by atoms with E-state index < -0.39 is 0 Å². The van der Waals surface area contributed by atoms with E-state index in [4.69, 9.17) is 16.6 Å². The molecule has 2 aromatic carbocycles. The van der Waals surface area contributed by atoms with Crippen LogP contribution in [0.4, 0.5) is 11.4 Å². The number of anilines is 2. The lowest BCUT2D eigenvalue weighted by atomic mass is 10.1. The molecule has 0 saturated carbocycles. The molecule has 0 fully saturated rings. The number of nitrogens with zero attached hydrogens (tertiary/aromatic N) is 4. The van der Waals surface area contributed by atoms with Crippen molar-refractivity contribution < 1.29 is 14.0 Å². The number of fused-ring (bicyclic) bond motifs is 1. The third kappa shape index (κ3) is 4.57. The normalized spacial score (nSPS) is 16.0. The van der Waals surface area contributed by atoms with Crippen molar-refractivity contribution in [3.8, 4) is 11.5 Å². The van der Waals surface area contributed by atoms with Gasteiger partial charge in [-0.15, -0.1) is 5.10 Å². The summed E-state index contributed by atoms with van der Waals surface area (Å²) in [4.78, 5) is 29.1. The molecule has 8 nitrogen and oxygen atoms in total. The first kappa shape index (κ1) is 21.0. The molecule has 2 amide bonds. The van der Waals surface area contributed by atoms with E-state index in [0.717, 1.165) is 5.56 Å². The van der Waals surface area contributed by atoms with Crippen molar-refractivity contribution in [3.63, 3.8) is 0 Å². The Balaban J connectivity index is 1.50. The van der Waals surface area contributed by atoms with Gasteiger partial charge >= 0.3 is 0 Å². The van der Waals surface area contributed by atoms with Gasteiger partial charge in [0.15, 0.2) is 0 Å². The van der Waals surface area contributed by atoms with Crippen LogP contribution in [0, 0.1) is 4.84 Å². The summed E-state index contributed by atoms with van der Waals surface area (Å²) in [5, 5.41) is 7.31. The molecule has 3 aromatic rings. The predicted octanol–water partition coefficient (Wildman–Crippen LogP) is 3.53. The van der Waals surface area contributed by atoms with Crippen molar-refractivity contribution >= 4 is 35.4 Å². The molecule has 160 valence electrons. The van der Waals surface area contributed by atoms with Crippen LogP contribution >= 0.6 is 12.2 Å². The SMILES string of the molecule is C[C@@H]1CC(=O)Nc2ccccc2N1C(=O)CN(C)Cn1nc(-c2ccccc2)oc1=S. The predicted molar refractivity (Wildman–Crippen MR) is 120 cm³/mol. The molecule has 4 rings (SSSR count).